The highest BCUT2D eigenvalue weighted by Gasteiger charge is 2.84. The van der Waals surface area contributed by atoms with Gasteiger partial charge in [0.2, 0.25) is 0 Å². The first-order valence-electron chi connectivity index (χ1n) is 8.74. The molecular weight excluding hydrogens is 324 g/mol. The second kappa shape index (κ2) is 5.02. The van der Waals surface area contributed by atoms with Crippen LogP contribution in [0.4, 0.5) is 0 Å². The van der Waals surface area contributed by atoms with E-state index in [-0.39, 0.29) is 18.3 Å². The van der Waals surface area contributed by atoms with E-state index in [1.54, 1.807) is 19.9 Å². The van der Waals surface area contributed by atoms with Crippen LogP contribution in [0.1, 0.15) is 34.1 Å². The second-order valence-corrected chi connectivity index (χ2v) is 8.07. The number of rotatable bonds is 2. The van der Waals surface area contributed by atoms with Crippen molar-refractivity contribution < 1.29 is 28.9 Å². The van der Waals surface area contributed by atoms with Crippen LogP contribution in [-0.2, 0) is 23.8 Å². The van der Waals surface area contributed by atoms with Crippen molar-refractivity contribution in [1.29, 1.82) is 0 Å². The molecule has 0 aromatic heterocycles. The molecule has 0 aromatic rings. The molecule has 1 spiro atoms. The molecule has 1 saturated carbocycles. The van der Waals surface area contributed by atoms with Crippen LogP contribution in [0.15, 0.2) is 23.8 Å². The SMILES string of the molecule is C/C=C\C(=O)O[C@@H]1[C@@H](O)[C@H]2O[C@@H]3C=C(C)C(=O)C[C@]3(C)[C@]1(C)[C@]21CO1. The molecule has 4 rings (SSSR count). The number of hydrogen-bond donors (Lipinski definition) is 1. The Kier molecular flexibility index (Phi) is 3.40. The van der Waals surface area contributed by atoms with E-state index in [0.29, 0.717) is 12.2 Å². The highest BCUT2D eigenvalue weighted by Crippen LogP contribution is 2.71. The summed E-state index contributed by atoms with van der Waals surface area (Å²) in [6, 6.07) is 0. The highest BCUT2D eigenvalue weighted by atomic mass is 16.6. The van der Waals surface area contributed by atoms with Crippen LogP contribution in [0, 0.1) is 10.8 Å². The maximum atomic E-state index is 12.5. The number of allylic oxidation sites excluding steroid dienone is 2. The van der Waals surface area contributed by atoms with E-state index in [1.165, 1.54) is 6.08 Å². The first-order valence-corrected chi connectivity index (χ1v) is 8.74. The molecule has 6 heteroatoms. The van der Waals surface area contributed by atoms with E-state index in [4.69, 9.17) is 14.2 Å². The van der Waals surface area contributed by atoms with Gasteiger partial charge in [0.05, 0.1) is 12.7 Å². The molecule has 6 nitrogen and oxygen atoms in total. The Morgan fingerprint density at radius 3 is 2.72 bits per heavy atom. The molecule has 0 aromatic carbocycles. The lowest BCUT2D eigenvalue weighted by Gasteiger charge is -2.56. The molecule has 4 aliphatic rings. The Balaban J connectivity index is 1.82. The average Bonchev–Trinajstić information content (AvgIpc) is 3.32. The summed E-state index contributed by atoms with van der Waals surface area (Å²) in [7, 11) is 0. The first-order chi connectivity index (χ1) is 11.7. The van der Waals surface area contributed by atoms with Crippen molar-refractivity contribution in [2.24, 2.45) is 10.8 Å². The summed E-state index contributed by atoms with van der Waals surface area (Å²) in [6.45, 7) is 7.89. The third-order valence-corrected chi connectivity index (χ3v) is 7.01. The molecule has 25 heavy (non-hydrogen) atoms. The third kappa shape index (κ3) is 1.85. The molecule has 2 aliphatic heterocycles. The normalized spacial score (nSPS) is 50.8. The van der Waals surface area contributed by atoms with Crippen LogP contribution in [-0.4, -0.2) is 53.5 Å². The van der Waals surface area contributed by atoms with Gasteiger partial charge in [-0.1, -0.05) is 19.9 Å². The van der Waals surface area contributed by atoms with Crippen molar-refractivity contribution in [1.82, 2.24) is 0 Å². The fraction of sp³-hybridized carbons (Fsp3) is 0.684. The monoisotopic (exact) mass is 348 g/mol. The molecule has 3 fully saturated rings. The van der Waals surface area contributed by atoms with E-state index in [1.807, 2.05) is 19.9 Å². The van der Waals surface area contributed by atoms with Gasteiger partial charge in [0.25, 0.3) is 0 Å². The van der Waals surface area contributed by atoms with Crippen LogP contribution in [0.25, 0.3) is 0 Å². The maximum absolute atomic E-state index is 12.5. The van der Waals surface area contributed by atoms with Crippen molar-refractivity contribution in [3.8, 4) is 0 Å². The van der Waals surface area contributed by atoms with Crippen LogP contribution in [0.5, 0.6) is 0 Å². The smallest absolute Gasteiger partial charge is 0.330 e. The first kappa shape index (κ1) is 16.9. The minimum absolute atomic E-state index is 0.0535. The van der Waals surface area contributed by atoms with E-state index >= 15 is 0 Å². The summed E-state index contributed by atoms with van der Waals surface area (Å²) in [6.07, 6.45) is 2.36. The summed E-state index contributed by atoms with van der Waals surface area (Å²) in [5.41, 5.74) is -1.39. The van der Waals surface area contributed by atoms with Gasteiger partial charge < -0.3 is 19.3 Å². The molecule has 2 saturated heterocycles. The van der Waals surface area contributed by atoms with Gasteiger partial charge >= 0.3 is 5.97 Å². The van der Waals surface area contributed by atoms with Gasteiger partial charge in [0, 0.05) is 23.3 Å². The molecule has 2 bridgehead atoms. The third-order valence-electron chi connectivity index (χ3n) is 7.01. The van der Waals surface area contributed by atoms with Crippen molar-refractivity contribution in [2.75, 3.05) is 6.61 Å². The van der Waals surface area contributed by atoms with Gasteiger partial charge in [-0.25, -0.2) is 4.79 Å². The Labute approximate surface area is 146 Å². The quantitative estimate of drug-likeness (QED) is 0.460. The van der Waals surface area contributed by atoms with Gasteiger partial charge in [-0.2, -0.15) is 0 Å². The average molecular weight is 348 g/mol. The lowest BCUT2D eigenvalue weighted by atomic mass is 9.52. The number of hydrogen-bond acceptors (Lipinski definition) is 6. The molecule has 2 heterocycles. The minimum atomic E-state index is -0.993. The summed E-state index contributed by atoms with van der Waals surface area (Å²) < 4.78 is 17.7. The summed E-state index contributed by atoms with van der Waals surface area (Å²) in [4.78, 5) is 24.6. The number of carbonyl (C=O) groups excluding carboxylic acids is 2. The largest absolute Gasteiger partial charge is 0.456 e. The zero-order valence-corrected chi connectivity index (χ0v) is 14.9. The molecule has 7 atom stereocenters. The van der Waals surface area contributed by atoms with Crippen LogP contribution in [0.3, 0.4) is 0 Å². The van der Waals surface area contributed by atoms with Gasteiger partial charge in [0.15, 0.2) is 5.78 Å². The molecule has 2 aliphatic carbocycles. The fourth-order valence-corrected chi connectivity index (χ4v) is 5.25. The summed E-state index contributed by atoms with van der Waals surface area (Å²) in [5, 5.41) is 10.9. The van der Waals surface area contributed by atoms with Crippen LogP contribution < -0.4 is 0 Å². The molecule has 0 unspecified atom stereocenters. The number of ketones is 1. The number of ether oxygens (including phenoxy) is 3. The van der Waals surface area contributed by atoms with Gasteiger partial charge in [-0.3, -0.25) is 4.79 Å². The Hall–Kier alpha value is -1.50. The number of fused-ring (bicyclic) bond motifs is 2. The zero-order chi connectivity index (χ0) is 18.2. The van der Waals surface area contributed by atoms with Crippen molar-refractivity contribution in [3.63, 3.8) is 0 Å². The highest BCUT2D eigenvalue weighted by molar-refractivity contribution is 5.96. The number of esters is 1. The topological polar surface area (TPSA) is 85.4 Å². The number of carbonyl (C=O) groups is 2. The predicted molar refractivity (Wildman–Crippen MR) is 87.6 cm³/mol. The van der Waals surface area contributed by atoms with Gasteiger partial charge in [0.1, 0.15) is 23.9 Å². The summed E-state index contributed by atoms with van der Waals surface area (Å²) >= 11 is 0. The Bertz CT molecular complexity index is 705. The van der Waals surface area contributed by atoms with Gasteiger partial charge in [-0.15, -0.1) is 0 Å². The minimum Gasteiger partial charge on any atom is -0.456 e. The van der Waals surface area contributed by atoms with E-state index in [9.17, 15) is 14.7 Å². The molecule has 136 valence electrons. The lowest BCUT2D eigenvalue weighted by molar-refractivity contribution is -0.209. The lowest BCUT2D eigenvalue weighted by Crippen LogP contribution is -2.64. The molecule has 0 amide bonds. The van der Waals surface area contributed by atoms with E-state index < -0.39 is 40.7 Å². The molecule has 0 radical (unpaired) electrons. The Morgan fingerprint density at radius 1 is 1.44 bits per heavy atom. The summed E-state index contributed by atoms with van der Waals surface area (Å²) in [5.74, 6) is -0.456. The van der Waals surface area contributed by atoms with E-state index in [2.05, 4.69) is 0 Å². The van der Waals surface area contributed by atoms with Crippen molar-refractivity contribution in [2.45, 2.75) is 64.1 Å². The van der Waals surface area contributed by atoms with Crippen molar-refractivity contribution in [3.05, 3.63) is 23.8 Å². The van der Waals surface area contributed by atoms with Crippen LogP contribution in [0.2, 0.25) is 0 Å². The maximum Gasteiger partial charge on any atom is 0.330 e. The van der Waals surface area contributed by atoms with Crippen molar-refractivity contribution >= 4 is 11.8 Å². The number of aliphatic hydroxyl groups is 1. The second-order valence-electron chi connectivity index (χ2n) is 8.07. The van der Waals surface area contributed by atoms with Crippen LogP contribution >= 0.6 is 0 Å². The zero-order valence-electron chi connectivity index (χ0n) is 14.9. The number of epoxide rings is 1. The number of aliphatic hydroxyl groups excluding tert-OH is 1. The molecule has 1 N–H and O–H groups in total. The molecular formula is C19H24O6. The fourth-order valence-electron chi connectivity index (χ4n) is 5.25. The predicted octanol–water partition coefficient (Wildman–Crippen LogP) is 1.32. The number of Topliss-reactive ketones (excluding diaryl/α,β-unsaturated/α-hetero) is 1. The van der Waals surface area contributed by atoms with E-state index in [0.717, 1.165) is 0 Å². The van der Waals surface area contributed by atoms with Gasteiger partial charge in [-0.05, 0) is 25.5 Å². The Morgan fingerprint density at radius 2 is 2.12 bits per heavy atom. The standard InChI is InChI=1S/C19H24O6/c1-5-6-13(21)25-15-14(22)16-19(9-23-19)18(15,4)17(3)8-11(20)10(2)7-12(17)24-16/h5-7,12,14-16,22H,8-9H2,1-4H3/b6-5-/t12-,14-,15-,16-,17+,18-,19+/m1/s1.